The maximum absolute atomic E-state index is 9.46. The predicted octanol–water partition coefficient (Wildman–Crippen LogP) is 3.58. The minimum atomic E-state index is 0.565. The summed E-state index contributed by atoms with van der Waals surface area (Å²) in [6, 6.07) is 20.4. The van der Waals surface area contributed by atoms with Crippen molar-refractivity contribution in [1.29, 1.82) is 5.26 Å². The Bertz CT molecular complexity index is 1070. The van der Waals surface area contributed by atoms with Crippen molar-refractivity contribution in [2.75, 3.05) is 0 Å². The van der Waals surface area contributed by atoms with Crippen molar-refractivity contribution in [3.8, 4) is 6.07 Å². The van der Waals surface area contributed by atoms with E-state index in [1.165, 1.54) is 5.56 Å². The van der Waals surface area contributed by atoms with Crippen LogP contribution in [0.25, 0.3) is 10.9 Å². The third kappa shape index (κ3) is 2.79. The maximum Gasteiger partial charge on any atom is 0.155 e. The molecule has 0 bridgehead atoms. The lowest BCUT2D eigenvalue weighted by Crippen LogP contribution is -2.04. The summed E-state index contributed by atoms with van der Waals surface area (Å²) in [5.74, 6) is 1.56. The molecule has 0 unspecified atom stereocenters. The van der Waals surface area contributed by atoms with Gasteiger partial charge in [-0.2, -0.15) is 10.4 Å². The van der Waals surface area contributed by atoms with Gasteiger partial charge in [-0.05, 0) is 18.6 Å². The number of benzene rings is 2. The third-order valence-corrected chi connectivity index (χ3v) is 4.43. The molecule has 4 rings (SSSR count). The molecule has 0 aliphatic rings. The van der Waals surface area contributed by atoms with Gasteiger partial charge in [0.2, 0.25) is 0 Å². The Kier molecular flexibility index (Phi) is 3.79. The number of hydrogen-bond acceptors (Lipinski definition) is 3. The van der Waals surface area contributed by atoms with Crippen molar-refractivity contribution in [2.45, 2.75) is 19.9 Å². The molecular formula is C20H17N5. The SMILES string of the molecule is Cc1c(C#N)c2ccccc2n1Cc1nc(Cc2ccccc2)n[nH]1. The number of para-hydroxylation sites is 1. The van der Waals surface area contributed by atoms with Crippen LogP contribution in [0.5, 0.6) is 0 Å². The highest BCUT2D eigenvalue weighted by Gasteiger charge is 2.15. The van der Waals surface area contributed by atoms with Crippen LogP contribution in [-0.2, 0) is 13.0 Å². The number of nitrogens with zero attached hydrogens (tertiary/aromatic N) is 4. The fourth-order valence-corrected chi connectivity index (χ4v) is 3.19. The molecule has 0 aliphatic carbocycles. The monoisotopic (exact) mass is 327 g/mol. The molecule has 2 aromatic carbocycles. The topological polar surface area (TPSA) is 70.3 Å². The van der Waals surface area contributed by atoms with Gasteiger partial charge in [-0.1, -0.05) is 48.5 Å². The quantitative estimate of drug-likeness (QED) is 0.623. The van der Waals surface area contributed by atoms with Gasteiger partial charge in [0.1, 0.15) is 11.9 Å². The molecule has 0 amide bonds. The van der Waals surface area contributed by atoms with Gasteiger partial charge in [-0.25, -0.2) is 4.98 Å². The smallest absolute Gasteiger partial charge is 0.155 e. The highest BCUT2D eigenvalue weighted by atomic mass is 15.2. The first-order valence-electron chi connectivity index (χ1n) is 8.18. The Labute approximate surface area is 145 Å². The molecular weight excluding hydrogens is 310 g/mol. The second-order valence-corrected chi connectivity index (χ2v) is 6.04. The number of fused-ring (bicyclic) bond motifs is 1. The van der Waals surface area contributed by atoms with Crippen LogP contribution >= 0.6 is 0 Å². The number of nitrogens with one attached hydrogen (secondary N) is 1. The fraction of sp³-hybridized carbons (Fsp3) is 0.150. The molecule has 0 saturated heterocycles. The lowest BCUT2D eigenvalue weighted by atomic mass is 10.1. The van der Waals surface area contributed by atoms with Crippen molar-refractivity contribution in [3.63, 3.8) is 0 Å². The van der Waals surface area contributed by atoms with E-state index < -0.39 is 0 Å². The van der Waals surface area contributed by atoms with Crippen molar-refractivity contribution >= 4 is 10.9 Å². The molecule has 2 heterocycles. The van der Waals surface area contributed by atoms with Crippen LogP contribution in [-0.4, -0.2) is 19.7 Å². The Morgan fingerprint density at radius 3 is 2.64 bits per heavy atom. The van der Waals surface area contributed by atoms with Crippen molar-refractivity contribution < 1.29 is 0 Å². The molecule has 0 fully saturated rings. The number of aromatic amines is 1. The number of nitriles is 1. The van der Waals surface area contributed by atoms with E-state index in [0.717, 1.165) is 33.8 Å². The number of rotatable bonds is 4. The standard InChI is InChI=1S/C20H17N5/c1-14-17(12-21)16-9-5-6-10-18(16)25(14)13-20-22-19(23-24-20)11-15-7-3-2-4-8-15/h2-10H,11,13H2,1H3,(H,22,23,24). The van der Waals surface area contributed by atoms with Crippen LogP contribution in [0.4, 0.5) is 0 Å². The minimum Gasteiger partial charge on any atom is -0.336 e. The summed E-state index contributed by atoms with van der Waals surface area (Å²) in [5, 5.41) is 17.8. The zero-order chi connectivity index (χ0) is 17.2. The molecule has 0 radical (unpaired) electrons. The average molecular weight is 327 g/mol. The lowest BCUT2D eigenvalue weighted by molar-refractivity contribution is 0.753. The number of H-pyrrole nitrogens is 1. The van der Waals surface area contributed by atoms with Gasteiger partial charge >= 0.3 is 0 Å². The Balaban J connectivity index is 1.65. The molecule has 122 valence electrons. The first kappa shape index (κ1) is 15.2. The summed E-state index contributed by atoms with van der Waals surface area (Å²) in [7, 11) is 0. The van der Waals surface area contributed by atoms with Crippen LogP contribution in [0.2, 0.25) is 0 Å². The molecule has 0 spiro atoms. The van der Waals surface area contributed by atoms with Gasteiger partial charge in [-0.3, -0.25) is 5.10 Å². The highest BCUT2D eigenvalue weighted by molar-refractivity contribution is 5.88. The second kappa shape index (κ2) is 6.25. The van der Waals surface area contributed by atoms with E-state index in [2.05, 4.69) is 38.0 Å². The largest absolute Gasteiger partial charge is 0.336 e. The Hall–Kier alpha value is -3.39. The first-order chi connectivity index (χ1) is 12.3. The summed E-state index contributed by atoms with van der Waals surface area (Å²) in [6.45, 7) is 2.54. The number of aromatic nitrogens is 4. The van der Waals surface area contributed by atoms with Gasteiger partial charge in [0.05, 0.1) is 12.1 Å². The van der Waals surface area contributed by atoms with Crippen molar-refractivity contribution in [1.82, 2.24) is 19.7 Å². The highest BCUT2D eigenvalue weighted by Crippen LogP contribution is 2.25. The average Bonchev–Trinajstić information content (AvgIpc) is 3.19. The molecule has 0 atom stereocenters. The third-order valence-electron chi connectivity index (χ3n) is 4.43. The molecule has 2 aromatic heterocycles. The molecule has 5 heteroatoms. The van der Waals surface area contributed by atoms with Crippen LogP contribution in [0.15, 0.2) is 54.6 Å². The summed E-state index contributed by atoms with van der Waals surface area (Å²) >= 11 is 0. The zero-order valence-electron chi connectivity index (χ0n) is 13.9. The maximum atomic E-state index is 9.46. The van der Waals surface area contributed by atoms with Crippen LogP contribution in [0, 0.1) is 18.3 Å². The van der Waals surface area contributed by atoms with Crippen molar-refractivity contribution in [2.24, 2.45) is 0 Å². The fourth-order valence-electron chi connectivity index (χ4n) is 3.19. The summed E-state index contributed by atoms with van der Waals surface area (Å²) in [5.41, 5.74) is 3.89. The molecule has 0 aliphatic heterocycles. The van der Waals surface area contributed by atoms with E-state index in [4.69, 9.17) is 0 Å². The summed E-state index contributed by atoms with van der Waals surface area (Å²) < 4.78 is 2.11. The summed E-state index contributed by atoms with van der Waals surface area (Å²) in [4.78, 5) is 4.61. The first-order valence-corrected chi connectivity index (χ1v) is 8.18. The van der Waals surface area contributed by atoms with E-state index in [9.17, 15) is 5.26 Å². The van der Waals surface area contributed by atoms with Gasteiger partial charge in [0.25, 0.3) is 0 Å². The van der Waals surface area contributed by atoms with E-state index in [0.29, 0.717) is 13.0 Å². The normalized spacial score (nSPS) is 10.9. The van der Waals surface area contributed by atoms with E-state index >= 15 is 0 Å². The van der Waals surface area contributed by atoms with Gasteiger partial charge in [0, 0.05) is 23.0 Å². The van der Waals surface area contributed by atoms with Crippen LogP contribution in [0.3, 0.4) is 0 Å². The predicted molar refractivity (Wildman–Crippen MR) is 96.1 cm³/mol. The van der Waals surface area contributed by atoms with E-state index in [1.54, 1.807) is 0 Å². The molecule has 25 heavy (non-hydrogen) atoms. The Morgan fingerprint density at radius 2 is 1.84 bits per heavy atom. The van der Waals surface area contributed by atoms with E-state index in [-0.39, 0.29) is 0 Å². The second-order valence-electron chi connectivity index (χ2n) is 6.04. The van der Waals surface area contributed by atoms with Gasteiger partial charge in [0.15, 0.2) is 5.82 Å². The van der Waals surface area contributed by atoms with Crippen LogP contribution in [0.1, 0.15) is 28.5 Å². The van der Waals surface area contributed by atoms with Crippen LogP contribution < -0.4 is 0 Å². The molecule has 5 nitrogen and oxygen atoms in total. The molecule has 1 N–H and O–H groups in total. The van der Waals surface area contributed by atoms with Gasteiger partial charge < -0.3 is 4.57 Å². The van der Waals surface area contributed by atoms with Gasteiger partial charge in [-0.15, -0.1) is 0 Å². The minimum absolute atomic E-state index is 0.565. The van der Waals surface area contributed by atoms with E-state index in [1.807, 2.05) is 49.4 Å². The molecule has 4 aromatic rings. The molecule has 0 saturated carbocycles. The summed E-state index contributed by atoms with van der Waals surface area (Å²) in [6.07, 6.45) is 0.701. The van der Waals surface area contributed by atoms with Crippen molar-refractivity contribution in [3.05, 3.63) is 83.1 Å². The number of hydrogen-bond donors (Lipinski definition) is 1. The Morgan fingerprint density at radius 1 is 1.08 bits per heavy atom. The zero-order valence-corrected chi connectivity index (χ0v) is 13.9. The lowest BCUT2D eigenvalue weighted by Gasteiger charge is -2.05.